The molecule has 3 aromatic rings. The predicted molar refractivity (Wildman–Crippen MR) is 168 cm³/mol. The van der Waals surface area contributed by atoms with Gasteiger partial charge in [-0.3, -0.25) is 14.9 Å². The van der Waals surface area contributed by atoms with Crippen molar-refractivity contribution in [3.8, 4) is 17.2 Å². The summed E-state index contributed by atoms with van der Waals surface area (Å²) in [5.41, 5.74) is 1.63. The molecule has 0 aromatic heterocycles. The lowest BCUT2D eigenvalue weighted by Gasteiger charge is -2.28. The summed E-state index contributed by atoms with van der Waals surface area (Å²) in [5, 5.41) is 2.26. The highest BCUT2D eigenvalue weighted by Crippen LogP contribution is 2.36. The summed E-state index contributed by atoms with van der Waals surface area (Å²) in [5.74, 6) is -0.0670. The van der Waals surface area contributed by atoms with Crippen LogP contribution in [-0.4, -0.2) is 31.1 Å². The molecule has 0 unspecified atom stereocenters. The van der Waals surface area contributed by atoms with Crippen molar-refractivity contribution in [2.45, 2.75) is 20.5 Å². The van der Waals surface area contributed by atoms with Crippen LogP contribution in [0.1, 0.15) is 25.0 Å². The average molecular weight is 817 g/mol. The Morgan fingerprint density at radius 3 is 2.21 bits per heavy atom. The Labute approximate surface area is 261 Å². The van der Waals surface area contributed by atoms with Gasteiger partial charge in [0.05, 0.1) is 26.0 Å². The number of anilines is 1. The Morgan fingerprint density at radius 1 is 0.897 bits per heavy atom. The van der Waals surface area contributed by atoms with Gasteiger partial charge in [0.1, 0.15) is 29.4 Å². The normalized spacial score (nSPS) is 14.4. The second-order valence-electron chi connectivity index (χ2n) is 8.18. The number of barbiturate groups is 1. The lowest BCUT2D eigenvalue weighted by molar-refractivity contribution is -0.122. The zero-order valence-electron chi connectivity index (χ0n) is 20.9. The molecule has 3 aromatic carbocycles. The summed E-state index contributed by atoms with van der Waals surface area (Å²) in [4.78, 5) is 40.0. The number of hydrogen-bond acceptors (Lipinski definition) is 6. The van der Waals surface area contributed by atoms with Crippen LogP contribution in [0.3, 0.4) is 0 Å². The van der Waals surface area contributed by atoms with Gasteiger partial charge in [0.15, 0.2) is 0 Å². The smallest absolute Gasteiger partial charge is 0.336 e. The third-order valence-electron chi connectivity index (χ3n) is 5.51. The maximum absolute atomic E-state index is 13.5. The topological polar surface area (TPSA) is 94.2 Å². The van der Waals surface area contributed by atoms with Gasteiger partial charge in [-0.05, 0) is 113 Å². The second kappa shape index (κ2) is 13.1. The van der Waals surface area contributed by atoms with Crippen LogP contribution >= 0.6 is 61.1 Å². The van der Waals surface area contributed by atoms with E-state index in [1.54, 1.807) is 25.1 Å². The maximum Gasteiger partial charge on any atom is 0.336 e. The Balaban J connectivity index is 1.64. The fourth-order valence-electron chi connectivity index (χ4n) is 3.79. The fraction of sp³-hybridized carbons (Fsp3) is 0.179. The summed E-state index contributed by atoms with van der Waals surface area (Å²) in [6, 6.07) is 15.5. The number of nitrogens with one attached hydrogen (secondary N) is 1. The molecular formula is C28H23BrI2N2O6. The minimum absolute atomic E-state index is 0.185. The zero-order chi connectivity index (χ0) is 28.1. The Bertz CT molecular complexity index is 1440. The standard InChI is InChI=1S/C28H23BrI2N2O6/c1-3-37-19-9-10-24(38-4-2)23(14-19)33-27(35)20(26(34)32-28(33)36)11-17-12-21(30)25(22(31)13-17)39-15-16-5-7-18(29)8-6-16/h5-14H,3-4,15H2,1-2H3,(H,32,34,36)/b20-11+. The van der Waals surface area contributed by atoms with Crippen molar-refractivity contribution in [1.82, 2.24) is 5.32 Å². The van der Waals surface area contributed by atoms with Crippen LogP contribution < -0.4 is 24.4 Å². The fourth-order valence-corrected chi connectivity index (χ4v) is 6.18. The molecule has 1 fully saturated rings. The van der Waals surface area contributed by atoms with Gasteiger partial charge < -0.3 is 14.2 Å². The molecule has 0 aliphatic carbocycles. The van der Waals surface area contributed by atoms with Crippen LogP contribution in [0.25, 0.3) is 6.08 Å². The molecule has 4 amide bonds. The molecule has 4 rings (SSSR count). The van der Waals surface area contributed by atoms with E-state index in [9.17, 15) is 14.4 Å². The molecule has 0 bridgehead atoms. The molecule has 8 nitrogen and oxygen atoms in total. The minimum Gasteiger partial charge on any atom is -0.494 e. The van der Waals surface area contributed by atoms with E-state index in [4.69, 9.17) is 14.2 Å². The van der Waals surface area contributed by atoms with Gasteiger partial charge in [0.25, 0.3) is 11.8 Å². The van der Waals surface area contributed by atoms with Crippen molar-refractivity contribution in [1.29, 1.82) is 0 Å². The van der Waals surface area contributed by atoms with E-state index < -0.39 is 17.8 Å². The number of halogens is 3. The van der Waals surface area contributed by atoms with Crippen LogP contribution in [0, 0.1) is 7.14 Å². The number of rotatable bonds is 9. The number of imide groups is 2. The van der Waals surface area contributed by atoms with Gasteiger partial charge in [-0.15, -0.1) is 0 Å². The molecule has 1 N–H and O–H groups in total. The highest BCUT2D eigenvalue weighted by atomic mass is 127. The van der Waals surface area contributed by atoms with Gasteiger partial charge in [-0.1, -0.05) is 28.1 Å². The third-order valence-corrected chi connectivity index (χ3v) is 7.64. The highest BCUT2D eigenvalue weighted by molar-refractivity contribution is 14.1. The number of carbonyl (C=O) groups is 3. The van der Waals surface area contributed by atoms with Crippen molar-refractivity contribution in [3.05, 3.63) is 82.9 Å². The Hall–Kier alpha value is -2.65. The van der Waals surface area contributed by atoms with Gasteiger partial charge in [0, 0.05) is 10.5 Å². The molecule has 11 heteroatoms. The number of urea groups is 1. The lowest BCUT2D eigenvalue weighted by Crippen LogP contribution is -2.54. The highest BCUT2D eigenvalue weighted by Gasteiger charge is 2.38. The van der Waals surface area contributed by atoms with Crippen molar-refractivity contribution in [2.75, 3.05) is 18.1 Å². The first kappa shape index (κ1) is 29.3. The monoisotopic (exact) mass is 816 g/mol. The molecule has 1 saturated heterocycles. The molecule has 0 spiro atoms. The van der Waals surface area contributed by atoms with Crippen molar-refractivity contribution in [3.63, 3.8) is 0 Å². The van der Waals surface area contributed by atoms with Gasteiger partial charge in [0.2, 0.25) is 0 Å². The summed E-state index contributed by atoms with van der Waals surface area (Å²) in [7, 11) is 0. The largest absolute Gasteiger partial charge is 0.494 e. The Morgan fingerprint density at radius 2 is 1.56 bits per heavy atom. The van der Waals surface area contributed by atoms with Gasteiger partial charge in [-0.2, -0.15) is 0 Å². The van der Waals surface area contributed by atoms with E-state index in [-0.39, 0.29) is 11.3 Å². The maximum atomic E-state index is 13.5. The summed E-state index contributed by atoms with van der Waals surface area (Å²) in [6.07, 6.45) is 1.46. The van der Waals surface area contributed by atoms with Crippen LogP contribution in [0.5, 0.6) is 17.2 Å². The first-order valence-corrected chi connectivity index (χ1v) is 14.8. The van der Waals surface area contributed by atoms with Gasteiger partial charge >= 0.3 is 6.03 Å². The van der Waals surface area contributed by atoms with Crippen molar-refractivity contribution >= 4 is 90.7 Å². The van der Waals surface area contributed by atoms with Crippen molar-refractivity contribution < 1.29 is 28.6 Å². The first-order chi connectivity index (χ1) is 18.7. The molecule has 39 heavy (non-hydrogen) atoms. The lowest BCUT2D eigenvalue weighted by atomic mass is 10.1. The zero-order valence-corrected chi connectivity index (χ0v) is 26.8. The second-order valence-corrected chi connectivity index (χ2v) is 11.4. The quantitative estimate of drug-likeness (QED) is 0.147. The minimum atomic E-state index is -0.863. The Kier molecular flexibility index (Phi) is 9.88. The number of carbonyl (C=O) groups excluding carboxylic acids is 3. The molecule has 0 radical (unpaired) electrons. The SMILES string of the molecule is CCOc1ccc(OCC)c(N2C(=O)NC(=O)/C(=C\c3cc(I)c(OCc4ccc(Br)cc4)c(I)c3)C2=O)c1. The van der Waals surface area contributed by atoms with Gasteiger partial charge in [-0.25, -0.2) is 9.69 Å². The number of nitrogens with zero attached hydrogens (tertiary/aromatic N) is 1. The van der Waals surface area contributed by atoms with E-state index in [0.29, 0.717) is 42.6 Å². The van der Waals surface area contributed by atoms with Crippen molar-refractivity contribution in [2.24, 2.45) is 0 Å². The molecule has 1 heterocycles. The molecule has 0 saturated carbocycles. The van der Waals surface area contributed by atoms with E-state index >= 15 is 0 Å². The number of ether oxygens (including phenoxy) is 3. The summed E-state index contributed by atoms with van der Waals surface area (Å²) >= 11 is 7.75. The van der Waals surface area contributed by atoms with Crippen LogP contribution in [-0.2, 0) is 16.2 Å². The number of amides is 4. The van der Waals surface area contributed by atoms with Crippen LogP contribution in [0.15, 0.2) is 64.6 Å². The van der Waals surface area contributed by atoms with E-state index in [1.165, 1.54) is 6.08 Å². The molecule has 202 valence electrons. The molecule has 1 aliphatic rings. The molecule has 0 atom stereocenters. The van der Waals surface area contributed by atoms with E-state index in [2.05, 4.69) is 66.4 Å². The number of benzene rings is 3. The summed E-state index contributed by atoms with van der Waals surface area (Å²) < 4.78 is 19.9. The van der Waals surface area contributed by atoms with E-state index in [0.717, 1.165) is 22.1 Å². The average Bonchev–Trinajstić information content (AvgIpc) is 2.89. The first-order valence-electron chi connectivity index (χ1n) is 11.9. The molecule has 1 aliphatic heterocycles. The predicted octanol–water partition coefficient (Wildman–Crippen LogP) is 6.70. The third kappa shape index (κ3) is 6.92. The number of hydrogen-bond donors (Lipinski definition) is 1. The van der Waals surface area contributed by atoms with E-state index in [1.807, 2.05) is 43.3 Å². The van der Waals surface area contributed by atoms with Crippen LogP contribution in [0.2, 0.25) is 0 Å². The summed E-state index contributed by atoms with van der Waals surface area (Å²) in [6.45, 7) is 4.73. The molecular weight excluding hydrogens is 794 g/mol. The van der Waals surface area contributed by atoms with Crippen LogP contribution in [0.4, 0.5) is 10.5 Å².